The van der Waals surface area contributed by atoms with Gasteiger partial charge in [0.15, 0.2) is 11.5 Å². The monoisotopic (exact) mass is 406 g/mol. The first kappa shape index (κ1) is 20.4. The van der Waals surface area contributed by atoms with Crippen molar-refractivity contribution in [1.82, 2.24) is 10.3 Å². The molecular formula is C21H18N4O5. The van der Waals surface area contributed by atoms with Crippen molar-refractivity contribution in [3.63, 3.8) is 0 Å². The number of nitriles is 1. The SMILES string of the molecule is COc1cc([N+](=O)[O-])cc(/C=C(/C#N)C(=O)NCCc2c[nH]c3ccccc23)c1O. The number of non-ortho nitro benzene ring substituents is 1. The number of phenols is 1. The van der Waals surface area contributed by atoms with Crippen LogP contribution in [0.2, 0.25) is 0 Å². The minimum absolute atomic E-state index is 0.0654. The number of para-hydroxylation sites is 1. The number of carbonyl (C=O) groups excluding carboxylic acids is 1. The van der Waals surface area contributed by atoms with Crippen LogP contribution in [0.3, 0.4) is 0 Å². The highest BCUT2D eigenvalue weighted by Crippen LogP contribution is 2.35. The summed E-state index contributed by atoms with van der Waals surface area (Å²) >= 11 is 0. The van der Waals surface area contributed by atoms with Crippen molar-refractivity contribution >= 4 is 28.6 Å². The molecule has 9 nitrogen and oxygen atoms in total. The molecule has 0 bridgehead atoms. The fourth-order valence-electron chi connectivity index (χ4n) is 3.03. The number of nitro benzene ring substituents is 1. The Morgan fingerprint density at radius 3 is 2.87 bits per heavy atom. The number of aromatic amines is 1. The Morgan fingerprint density at radius 1 is 1.40 bits per heavy atom. The van der Waals surface area contributed by atoms with Gasteiger partial charge in [0.25, 0.3) is 11.6 Å². The lowest BCUT2D eigenvalue weighted by Crippen LogP contribution is -2.26. The number of hydrogen-bond donors (Lipinski definition) is 3. The van der Waals surface area contributed by atoms with Crippen LogP contribution in [0.15, 0.2) is 48.2 Å². The van der Waals surface area contributed by atoms with Gasteiger partial charge in [-0.3, -0.25) is 14.9 Å². The molecule has 0 spiro atoms. The van der Waals surface area contributed by atoms with Gasteiger partial charge in [-0.1, -0.05) is 18.2 Å². The number of hydrogen-bond acceptors (Lipinski definition) is 6. The third-order valence-corrected chi connectivity index (χ3v) is 4.54. The minimum Gasteiger partial charge on any atom is -0.504 e. The molecule has 152 valence electrons. The normalized spacial score (nSPS) is 11.1. The highest BCUT2D eigenvalue weighted by atomic mass is 16.6. The molecular weight excluding hydrogens is 388 g/mol. The Balaban J connectivity index is 1.76. The average molecular weight is 406 g/mol. The fourth-order valence-corrected chi connectivity index (χ4v) is 3.03. The molecule has 0 saturated carbocycles. The van der Waals surface area contributed by atoms with Crippen LogP contribution in [0.25, 0.3) is 17.0 Å². The van der Waals surface area contributed by atoms with E-state index in [1.165, 1.54) is 7.11 Å². The van der Waals surface area contributed by atoms with E-state index in [1.807, 2.05) is 30.5 Å². The first-order chi connectivity index (χ1) is 14.4. The second kappa shape index (κ2) is 8.79. The summed E-state index contributed by atoms with van der Waals surface area (Å²) in [5.41, 5.74) is 1.31. The molecule has 0 atom stereocenters. The highest BCUT2D eigenvalue weighted by molar-refractivity contribution is 6.02. The summed E-state index contributed by atoms with van der Waals surface area (Å²) in [5, 5.41) is 34.3. The van der Waals surface area contributed by atoms with Crippen molar-refractivity contribution in [3.8, 4) is 17.6 Å². The molecule has 0 fully saturated rings. The van der Waals surface area contributed by atoms with E-state index >= 15 is 0 Å². The van der Waals surface area contributed by atoms with Gasteiger partial charge in [-0.15, -0.1) is 0 Å². The quantitative estimate of drug-likeness (QED) is 0.238. The van der Waals surface area contributed by atoms with Gasteiger partial charge in [0.1, 0.15) is 11.6 Å². The van der Waals surface area contributed by atoms with E-state index in [0.717, 1.165) is 34.7 Å². The van der Waals surface area contributed by atoms with Crippen molar-refractivity contribution in [2.45, 2.75) is 6.42 Å². The first-order valence-electron chi connectivity index (χ1n) is 8.95. The number of aromatic nitrogens is 1. The summed E-state index contributed by atoms with van der Waals surface area (Å²) in [6.45, 7) is 0.282. The number of nitrogens with one attached hydrogen (secondary N) is 2. The van der Waals surface area contributed by atoms with Crippen LogP contribution in [0, 0.1) is 21.4 Å². The van der Waals surface area contributed by atoms with E-state index in [-0.39, 0.29) is 29.1 Å². The number of phenolic OH excluding ortho intramolecular Hbond substituents is 1. The smallest absolute Gasteiger partial charge is 0.274 e. The predicted octanol–water partition coefficient (Wildman–Crippen LogP) is 3.06. The second-order valence-electron chi connectivity index (χ2n) is 6.38. The van der Waals surface area contributed by atoms with Gasteiger partial charge in [0.05, 0.1) is 18.1 Å². The Hall–Kier alpha value is -4.32. The minimum atomic E-state index is -0.660. The van der Waals surface area contributed by atoms with Gasteiger partial charge < -0.3 is 20.1 Å². The molecule has 2 aromatic carbocycles. The van der Waals surface area contributed by atoms with Crippen molar-refractivity contribution in [2.75, 3.05) is 13.7 Å². The van der Waals surface area contributed by atoms with Crippen molar-refractivity contribution in [1.29, 1.82) is 5.26 Å². The summed E-state index contributed by atoms with van der Waals surface area (Å²) in [4.78, 5) is 26.0. The van der Waals surface area contributed by atoms with Crippen LogP contribution in [-0.2, 0) is 11.2 Å². The zero-order valence-electron chi connectivity index (χ0n) is 16.0. The number of nitro groups is 1. The molecule has 3 rings (SSSR count). The summed E-state index contributed by atoms with van der Waals surface area (Å²) in [6, 6.07) is 11.7. The maximum absolute atomic E-state index is 12.4. The number of ether oxygens (including phenoxy) is 1. The Kier molecular flexibility index (Phi) is 5.98. The highest BCUT2D eigenvalue weighted by Gasteiger charge is 2.18. The van der Waals surface area contributed by atoms with Crippen LogP contribution in [0.1, 0.15) is 11.1 Å². The molecule has 9 heteroatoms. The van der Waals surface area contributed by atoms with Gasteiger partial charge in [0.2, 0.25) is 0 Å². The standard InChI is InChI=1S/C21H18N4O5/c1-30-19-10-16(25(28)29)9-14(20(19)26)8-15(11-22)21(27)23-7-6-13-12-24-18-5-3-2-4-17(13)18/h2-5,8-10,12,24,26H,6-7H2,1H3,(H,23,27)/b15-8-. The lowest BCUT2D eigenvalue weighted by molar-refractivity contribution is -0.385. The van der Waals surface area contributed by atoms with E-state index in [2.05, 4.69) is 10.3 Å². The molecule has 30 heavy (non-hydrogen) atoms. The van der Waals surface area contributed by atoms with Crippen molar-refractivity contribution < 1.29 is 19.6 Å². The number of carbonyl (C=O) groups is 1. The topological polar surface area (TPSA) is 141 Å². The summed E-state index contributed by atoms with van der Waals surface area (Å²) in [6.07, 6.45) is 3.50. The fraction of sp³-hybridized carbons (Fsp3) is 0.143. The van der Waals surface area contributed by atoms with Crippen LogP contribution >= 0.6 is 0 Å². The van der Waals surface area contributed by atoms with E-state index in [4.69, 9.17) is 4.74 Å². The molecule has 1 aromatic heterocycles. The van der Waals surface area contributed by atoms with Gasteiger partial charge >= 0.3 is 0 Å². The van der Waals surface area contributed by atoms with Crippen molar-refractivity contribution in [3.05, 3.63) is 69.4 Å². The predicted molar refractivity (Wildman–Crippen MR) is 110 cm³/mol. The number of H-pyrrole nitrogens is 1. The zero-order valence-corrected chi connectivity index (χ0v) is 16.0. The number of fused-ring (bicyclic) bond motifs is 1. The molecule has 0 aliphatic carbocycles. The molecule has 0 aliphatic heterocycles. The van der Waals surface area contributed by atoms with Gasteiger partial charge in [0, 0.05) is 35.3 Å². The van der Waals surface area contributed by atoms with Crippen LogP contribution in [0.4, 0.5) is 5.69 Å². The molecule has 1 heterocycles. The Bertz CT molecular complexity index is 1190. The largest absolute Gasteiger partial charge is 0.504 e. The number of nitrogens with zero attached hydrogens (tertiary/aromatic N) is 2. The number of amides is 1. The number of benzene rings is 2. The molecule has 3 N–H and O–H groups in total. The number of aromatic hydroxyl groups is 1. The lowest BCUT2D eigenvalue weighted by atomic mass is 10.1. The van der Waals surface area contributed by atoms with Crippen LogP contribution in [0.5, 0.6) is 11.5 Å². The molecule has 0 unspecified atom stereocenters. The molecule has 0 aliphatic rings. The Morgan fingerprint density at radius 2 is 2.17 bits per heavy atom. The molecule has 0 saturated heterocycles. The van der Waals surface area contributed by atoms with Gasteiger partial charge in [-0.05, 0) is 24.1 Å². The van der Waals surface area contributed by atoms with E-state index in [1.54, 1.807) is 6.07 Å². The van der Waals surface area contributed by atoms with E-state index in [9.17, 15) is 25.3 Å². The number of rotatable bonds is 7. The molecule has 1 amide bonds. The number of methoxy groups -OCH3 is 1. The second-order valence-corrected chi connectivity index (χ2v) is 6.38. The lowest BCUT2D eigenvalue weighted by Gasteiger charge is -2.07. The zero-order chi connectivity index (χ0) is 21.7. The van der Waals surface area contributed by atoms with Crippen LogP contribution in [-0.4, -0.2) is 34.6 Å². The van der Waals surface area contributed by atoms with Crippen LogP contribution < -0.4 is 10.1 Å². The maximum atomic E-state index is 12.4. The third kappa shape index (κ3) is 4.23. The molecule has 3 aromatic rings. The summed E-state index contributed by atoms with van der Waals surface area (Å²) in [7, 11) is 1.24. The molecule has 0 radical (unpaired) electrons. The Labute approximate surface area is 171 Å². The van der Waals surface area contributed by atoms with E-state index < -0.39 is 16.6 Å². The van der Waals surface area contributed by atoms with E-state index in [0.29, 0.717) is 6.42 Å². The van der Waals surface area contributed by atoms with Gasteiger partial charge in [-0.2, -0.15) is 5.26 Å². The third-order valence-electron chi connectivity index (χ3n) is 4.54. The van der Waals surface area contributed by atoms with Gasteiger partial charge in [-0.25, -0.2) is 0 Å². The van der Waals surface area contributed by atoms with Crippen molar-refractivity contribution in [2.24, 2.45) is 0 Å². The summed E-state index contributed by atoms with van der Waals surface area (Å²) < 4.78 is 4.92. The first-order valence-corrected chi connectivity index (χ1v) is 8.95. The average Bonchev–Trinajstić information content (AvgIpc) is 3.15. The maximum Gasteiger partial charge on any atom is 0.274 e. The summed E-state index contributed by atoms with van der Waals surface area (Å²) in [5.74, 6) is -1.18.